The highest BCUT2D eigenvalue weighted by molar-refractivity contribution is 5.91. The maximum Gasteiger partial charge on any atom is 0.404 e. The van der Waals surface area contributed by atoms with Gasteiger partial charge < -0.3 is 15.3 Å². The van der Waals surface area contributed by atoms with Gasteiger partial charge in [0.25, 0.3) is 0 Å². The molecular weight excluding hydrogens is 273 g/mol. The molecule has 1 aliphatic heterocycles. The summed E-state index contributed by atoms with van der Waals surface area (Å²) in [7, 11) is 0. The molecule has 1 saturated heterocycles. The van der Waals surface area contributed by atoms with E-state index in [0.717, 1.165) is 42.5 Å². The molecule has 1 aromatic heterocycles. The minimum Gasteiger partial charge on any atom is -0.465 e. The number of hydrogen-bond acceptors (Lipinski definition) is 3. The van der Waals surface area contributed by atoms with E-state index in [1.165, 1.54) is 12.1 Å². The van der Waals surface area contributed by atoms with Gasteiger partial charge in [-0.1, -0.05) is 0 Å². The van der Waals surface area contributed by atoms with Crippen molar-refractivity contribution in [1.82, 2.24) is 10.3 Å². The molecule has 0 radical (unpaired) electrons. The summed E-state index contributed by atoms with van der Waals surface area (Å²) in [4.78, 5) is 17.1. The summed E-state index contributed by atoms with van der Waals surface area (Å²) in [6.45, 7) is 1.47. The molecule has 1 aliphatic rings. The largest absolute Gasteiger partial charge is 0.465 e. The average molecular weight is 289 g/mol. The quantitative estimate of drug-likeness (QED) is 0.892. The number of aromatic nitrogens is 1. The van der Waals surface area contributed by atoms with Gasteiger partial charge in [-0.05, 0) is 37.1 Å². The van der Waals surface area contributed by atoms with E-state index in [0.29, 0.717) is 0 Å². The van der Waals surface area contributed by atoms with Crippen molar-refractivity contribution in [3.05, 3.63) is 36.3 Å². The van der Waals surface area contributed by atoms with Crippen LogP contribution in [-0.2, 0) is 0 Å². The number of halogens is 1. The monoisotopic (exact) mass is 289 g/mol. The van der Waals surface area contributed by atoms with E-state index in [1.807, 2.05) is 6.07 Å². The van der Waals surface area contributed by atoms with Crippen LogP contribution in [0.15, 0.2) is 30.5 Å². The Bertz CT molecular complexity index is 669. The normalized spacial score (nSPS) is 16.1. The lowest BCUT2D eigenvalue weighted by atomic mass is 10.0. The molecule has 21 heavy (non-hydrogen) atoms. The zero-order chi connectivity index (χ0) is 14.8. The Morgan fingerprint density at radius 2 is 2.10 bits per heavy atom. The topological polar surface area (TPSA) is 65.5 Å². The number of nitrogens with zero attached hydrogens (tertiary/aromatic N) is 2. The number of piperidine rings is 1. The molecule has 0 bridgehead atoms. The molecule has 1 aromatic carbocycles. The predicted molar refractivity (Wildman–Crippen MR) is 78.1 cm³/mol. The van der Waals surface area contributed by atoms with Gasteiger partial charge in [0, 0.05) is 36.4 Å². The first kappa shape index (κ1) is 13.6. The minimum absolute atomic E-state index is 0.0106. The van der Waals surface area contributed by atoms with Crippen molar-refractivity contribution in [2.45, 2.75) is 18.9 Å². The van der Waals surface area contributed by atoms with Crippen molar-refractivity contribution in [2.24, 2.45) is 0 Å². The van der Waals surface area contributed by atoms with E-state index in [4.69, 9.17) is 5.11 Å². The van der Waals surface area contributed by atoms with Crippen LogP contribution >= 0.6 is 0 Å². The summed E-state index contributed by atoms with van der Waals surface area (Å²) in [5.74, 6) is -0.279. The van der Waals surface area contributed by atoms with Gasteiger partial charge in [-0.25, -0.2) is 9.18 Å². The summed E-state index contributed by atoms with van der Waals surface area (Å²) in [6, 6.07) is 6.45. The molecule has 0 atom stereocenters. The van der Waals surface area contributed by atoms with Crippen LogP contribution in [0.1, 0.15) is 12.8 Å². The Labute approximate surface area is 121 Å². The number of nitrogens with one attached hydrogen (secondary N) is 1. The maximum atomic E-state index is 13.5. The first-order valence-electron chi connectivity index (χ1n) is 6.92. The van der Waals surface area contributed by atoms with E-state index < -0.39 is 6.09 Å². The van der Waals surface area contributed by atoms with Gasteiger partial charge in [-0.3, -0.25) is 4.98 Å². The second-order valence-electron chi connectivity index (χ2n) is 5.20. The minimum atomic E-state index is -0.982. The van der Waals surface area contributed by atoms with Gasteiger partial charge in [0.15, 0.2) is 0 Å². The van der Waals surface area contributed by atoms with Gasteiger partial charge in [0.1, 0.15) is 5.82 Å². The fraction of sp³-hybridized carbons (Fsp3) is 0.333. The van der Waals surface area contributed by atoms with Gasteiger partial charge in [0.2, 0.25) is 0 Å². The average Bonchev–Trinajstić information content (AvgIpc) is 2.47. The third-order valence-electron chi connectivity index (χ3n) is 3.84. The van der Waals surface area contributed by atoms with Crippen LogP contribution in [0.5, 0.6) is 0 Å². The fourth-order valence-corrected chi connectivity index (χ4v) is 2.82. The molecule has 1 fully saturated rings. The predicted octanol–water partition coefficient (Wildman–Crippen LogP) is 2.61. The van der Waals surface area contributed by atoms with Crippen LogP contribution in [0.2, 0.25) is 0 Å². The van der Waals surface area contributed by atoms with Crippen LogP contribution in [0.3, 0.4) is 0 Å². The molecule has 6 heteroatoms. The van der Waals surface area contributed by atoms with Crippen LogP contribution < -0.4 is 10.2 Å². The van der Waals surface area contributed by atoms with E-state index >= 15 is 0 Å². The first-order chi connectivity index (χ1) is 10.1. The molecule has 1 amide bonds. The van der Waals surface area contributed by atoms with Gasteiger partial charge in [-0.15, -0.1) is 0 Å². The third kappa shape index (κ3) is 2.89. The number of pyridine rings is 1. The molecular formula is C15H16FN3O2. The summed E-state index contributed by atoms with van der Waals surface area (Å²) in [5, 5.41) is 12.1. The molecule has 2 aromatic rings. The van der Waals surface area contributed by atoms with Crippen molar-refractivity contribution >= 4 is 22.7 Å². The SMILES string of the molecule is O=C(O)NC1CCN(c2ccnc3ccc(F)cc23)CC1. The molecule has 3 rings (SSSR count). The smallest absolute Gasteiger partial charge is 0.404 e. The van der Waals surface area contributed by atoms with Crippen LogP contribution in [-0.4, -0.2) is 35.3 Å². The number of rotatable bonds is 2. The first-order valence-corrected chi connectivity index (χ1v) is 6.92. The molecule has 0 unspecified atom stereocenters. The number of benzene rings is 1. The maximum absolute atomic E-state index is 13.5. The lowest BCUT2D eigenvalue weighted by Crippen LogP contribution is -2.44. The molecule has 2 N–H and O–H groups in total. The van der Waals surface area contributed by atoms with Crippen LogP contribution in [0.25, 0.3) is 10.9 Å². The van der Waals surface area contributed by atoms with Crippen molar-refractivity contribution in [2.75, 3.05) is 18.0 Å². The van der Waals surface area contributed by atoms with E-state index in [-0.39, 0.29) is 11.9 Å². The Kier molecular flexibility index (Phi) is 3.60. The molecule has 2 heterocycles. The Morgan fingerprint density at radius 3 is 2.81 bits per heavy atom. The van der Waals surface area contributed by atoms with Crippen molar-refractivity contribution in [3.8, 4) is 0 Å². The standard InChI is InChI=1S/C15H16FN3O2/c16-10-1-2-13-12(9-10)14(3-6-17-13)19-7-4-11(5-8-19)18-15(20)21/h1-3,6,9,11,18H,4-5,7-8H2,(H,20,21). The third-order valence-corrected chi connectivity index (χ3v) is 3.84. The highest BCUT2D eigenvalue weighted by Gasteiger charge is 2.21. The summed E-state index contributed by atoms with van der Waals surface area (Å²) >= 11 is 0. The second kappa shape index (κ2) is 5.55. The number of anilines is 1. The number of amides is 1. The molecule has 0 saturated carbocycles. The van der Waals surface area contributed by atoms with E-state index in [1.54, 1.807) is 12.3 Å². The lowest BCUT2D eigenvalue weighted by Gasteiger charge is -2.34. The summed E-state index contributed by atoms with van der Waals surface area (Å²) in [6.07, 6.45) is 2.22. The zero-order valence-corrected chi connectivity index (χ0v) is 11.4. The van der Waals surface area contributed by atoms with E-state index in [2.05, 4.69) is 15.2 Å². The molecule has 0 spiro atoms. The number of carboxylic acid groups (broad SMARTS) is 1. The number of carbonyl (C=O) groups is 1. The second-order valence-corrected chi connectivity index (χ2v) is 5.20. The molecule has 5 nitrogen and oxygen atoms in total. The van der Waals surface area contributed by atoms with E-state index in [9.17, 15) is 9.18 Å². The number of hydrogen-bond donors (Lipinski definition) is 2. The summed E-state index contributed by atoms with van der Waals surface area (Å²) in [5.41, 5.74) is 1.72. The number of fused-ring (bicyclic) bond motifs is 1. The lowest BCUT2D eigenvalue weighted by molar-refractivity contribution is 0.187. The van der Waals surface area contributed by atoms with Crippen molar-refractivity contribution < 1.29 is 14.3 Å². The Hall–Kier alpha value is -2.37. The van der Waals surface area contributed by atoms with Crippen LogP contribution in [0, 0.1) is 5.82 Å². The highest BCUT2D eigenvalue weighted by atomic mass is 19.1. The Balaban J connectivity index is 1.82. The highest BCUT2D eigenvalue weighted by Crippen LogP contribution is 2.28. The zero-order valence-electron chi connectivity index (χ0n) is 11.4. The van der Waals surface area contributed by atoms with Gasteiger partial charge in [-0.2, -0.15) is 0 Å². The Morgan fingerprint density at radius 1 is 1.33 bits per heavy atom. The van der Waals surface area contributed by atoms with Gasteiger partial charge in [0.05, 0.1) is 5.52 Å². The molecule has 0 aliphatic carbocycles. The van der Waals surface area contributed by atoms with Gasteiger partial charge >= 0.3 is 6.09 Å². The van der Waals surface area contributed by atoms with Crippen molar-refractivity contribution in [1.29, 1.82) is 0 Å². The van der Waals surface area contributed by atoms with Crippen LogP contribution in [0.4, 0.5) is 14.9 Å². The summed E-state index contributed by atoms with van der Waals surface area (Å²) < 4.78 is 13.5. The van der Waals surface area contributed by atoms with Crippen molar-refractivity contribution in [3.63, 3.8) is 0 Å². The fourth-order valence-electron chi connectivity index (χ4n) is 2.82. The molecule has 110 valence electrons.